The molecule has 1 heterocycles. The van der Waals surface area contributed by atoms with Gasteiger partial charge in [0.2, 0.25) is 0 Å². The predicted molar refractivity (Wildman–Crippen MR) is 70.5 cm³/mol. The molecule has 0 saturated carbocycles. The first-order valence-corrected chi connectivity index (χ1v) is 6.56. The van der Waals surface area contributed by atoms with Gasteiger partial charge in [0.1, 0.15) is 6.29 Å². The van der Waals surface area contributed by atoms with Crippen LogP contribution in [-0.2, 0) is 11.3 Å². The highest BCUT2D eigenvalue weighted by molar-refractivity contribution is 6.35. The van der Waals surface area contributed by atoms with E-state index in [1.807, 2.05) is 12.1 Å². The van der Waals surface area contributed by atoms with Crippen LogP contribution in [0.5, 0.6) is 0 Å². The summed E-state index contributed by atoms with van der Waals surface area (Å²) in [6.07, 6.45) is 2.98. The maximum absolute atomic E-state index is 10.7. The second kappa shape index (κ2) is 5.85. The third kappa shape index (κ3) is 3.44. The van der Waals surface area contributed by atoms with Crippen molar-refractivity contribution < 1.29 is 4.79 Å². The van der Waals surface area contributed by atoms with Gasteiger partial charge in [0, 0.05) is 22.5 Å². The van der Waals surface area contributed by atoms with Crippen LogP contribution < -0.4 is 0 Å². The van der Waals surface area contributed by atoms with Crippen LogP contribution in [0.1, 0.15) is 18.4 Å². The molecule has 0 spiro atoms. The van der Waals surface area contributed by atoms with Gasteiger partial charge in [-0.15, -0.1) is 0 Å². The van der Waals surface area contributed by atoms with Gasteiger partial charge < -0.3 is 4.79 Å². The molecule has 4 heteroatoms. The van der Waals surface area contributed by atoms with E-state index in [2.05, 4.69) is 4.90 Å². The summed E-state index contributed by atoms with van der Waals surface area (Å²) >= 11 is 12.0. The van der Waals surface area contributed by atoms with E-state index < -0.39 is 0 Å². The Morgan fingerprint density at radius 2 is 2.00 bits per heavy atom. The van der Waals surface area contributed by atoms with E-state index in [-0.39, 0.29) is 5.92 Å². The maximum Gasteiger partial charge on any atom is 0.123 e. The quantitative estimate of drug-likeness (QED) is 0.786. The lowest BCUT2D eigenvalue weighted by molar-refractivity contribution is -0.112. The number of hydrogen-bond donors (Lipinski definition) is 0. The molecule has 0 aliphatic carbocycles. The van der Waals surface area contributed by atoms with Crippen LogP contribution in [0.25, 0.3) is 0 Å². The second-order valence-corrected chi connectivity index (χ2v) is 5.33. The minimum atomic E-state index is 0.243. The van der Waals surface area contributed by atoms with Crippen molar-refractivity contribution in [1.29, 1.82) is 0 Å². The lowest BCUT2D eigenvalue weighted by Gasteiger charge is -2.29. The van der Waals surface area contributed by atoms with Crippen LogP contribution in [0.2, 0.25) is 10.0 Å². The molecule has 0 N–H and O–H groups in total. The topological polar surface area (TPSA) is 20.3 Å². The van der Waals surface area contributed by atoms with Gasteiger partial charge in [0.25, 0.3) is 0 Å². The maximum atomic E-state index is 10.7. The van der Waals surface area contributed by atoms with Crippen LogP contribution >= 0.6 is 23.2 Å². The minimum absolute atomic E-state index is 0.243. The van der Waals surface area contributed by atoms with E-state index in [4.69, 9.17) is 23.2 Å². The highest BCUT2D eigenvalue weighted by Crippen LogP contribution is 2.24. The fourth-order valence-corrected chi connectivity index (χ4v) is 2.61. The zero-order valence-electron chi connectivity index (χ0n) is 9.53. The Morgan fingerprint density at radius 3 is 2.59 bits per heavy atom. The molecular weight excluding hydrogens is 257 g/mol. The largest absolute Gasteiger partial charge is 0.303 e. The molecule has 0 radical (unpaired) electrons. The molecule has 1 aromatic carbocycles. The molecule has 2 nitrogen and oxygen atoms in total. The monoisotopic (exact) mass is 271 g/mol. The number of nitrogens with zero attached hydrogens (tertiary/aromatic N) is 1. The van der Waals surface area contributed by atoms with Crippen molar-refractivity contribution in [2.24, 2.45) is 5.92 Å². The molecule has 1 aliphatic heterocycles. The van der Waals surface area contributed by atoms with Gasteiger partial charge in [0.05, 0.1) is 0 Å². The predicted octanol–water partition coefficient (Wildman–Crippen LogP) is 3.40. The Labute approximate surface area is 112 Å². The Balaban J connectivity index is 1.95. The number of likely N-dealkylation sites (tertiary alicyclic amines) is 1. The van der Waals surface area contributed by atoms with Crippen LogP contribution in [0.3, 0.4) is 0 Å². The first-order chi connectivity index (χ1) is 8.19. The van der Waals surface area contributed by atoms with E-state index in [0.29, 0.717) is 5.02 Å². The molecule has 0 aromatic heterocycles. The number of piperidine rings is 1. The third-order valence-electron chi connectivity index (χ3n) is 3.23. The second-order valence-electron chi connectivity index (χ2n) is 4.49. The minimum Gasteiger partial charge on any atom is -0.303 e. The lowest BCUT2D eigenvalue weighted by atomic mass is 9.98. The molecule has 17 heavy (non-hydrogen) atoms. The summed E-state index contributed by atoms with van der Waals surface area (Å²) in [7, 11) is 0. The standard InChI is InChI=1S/C13H15Cl2NO/c14-12-2-1-11(13(15)7-12)8-16-5-3-10(9-17)4-6-16/h1-2,7,9-10H,3-6,8H2. The van der Waals surface area contributed by atoms with Crippen LogP contribution in [0, 0.1) is 5.92 Å². The lowest BCUT2D eigenvalue weighted by Crippen LogP contribution is -2.33. The first kappa shape index (κ1) is 12.9. The highest BCUT2D eigenvalue weighted by Gasteiger charge is 2.19. The van der Waals surface area contributed by atoms with Crippen molar-refractivity contribution in [1.82, 2.24) is 4.90 Å². The Kier molecular flexibility index (Phi) is 4.43. The van der Waals surface area contributed by atoms with Crippen molar-refractivity contribution in [3.8, 4) is 0 Å². The zero-order valence-corrected chi connectivity index (χ0v) is 11.0. The van der Waals surface area contributed by atoms with Crippen molar-refractivity contribution >= 4 is 29.5 Å². The number of hydrogen-bond acceptors (Lipinski definition) is 2. The molecule has 0 unspecified atom stereocenters. The number of benzene rings is 1. The summed E-state index contributed by atoms with van der Waals surface area (Å²) in [5, 5.41) is 1.38. The van der Waals surface area contributed by atoms with Crippen LogP contribution in [-0.4, -0.2) is 24.3 Å². The van der Waals surface area contributed by atoms with Gasteiger partial charge in [-0.2, -0.15) is 0 Å². The summed E-state index contributed by atoms with van der Waals surface area (Å²) in [6, 6.07) is 5.61. The average Bonchev–Trinajstić information content (AvgIpc) is 2.34. The SMILES string of the molecule is O=CC1CCN(Cc2ccc(Cl)cc2Cl)CC1. The van der Waals surface area contributed by atoms with Crippen molar-refractivity contribution in [2.45, 2.75) is 19.4 Å². The van der Waals surface area contributed by atoms with E-state index in [0.717, 1.165) is 49.3 Å². The summed E-state index contributed by atoms with van der Waals surface area (Å²) in [5.41, 5.74) is 1.10. The summed E-state index contributed by atoms with van der Waals surface area (Å²) < 4.78 is 0. The molecule has 2 rings (SSSR count). The Morgan fingerprint density at radius 1 is 1.29 bits per heavy atom. The molecule has 0 atom stereocenters. The van der Waals surface area contributed by atoms with Gasteiger partial charge in [-0.25, -0.2) is 0 Å². The zero-order chi connectivity index (χ0) is 12.3. The van der Waals surface area contributed by atoms with Gasteiger partial charge in [-0.05, 0) is 43.6 Å². The highest BCUT2D eigenvalue weighted by atomic mass is 35.5. The molecule has 1 saturated heterocycles. The molecule has 1 aliphatic rings. The van der Waals surface area contributed by atoms with Gasteiger partial charge >= 0.3 is 0 Å². The molecule has 0 bridgehead atoms. The number of halogens is 2. The summed E-state index contributed by atoms with van der Waals surface area (Å²) in [4.78, 5) is 13.0. The summed E-state index contributed by atoms with van der Waals surface area (Å²) in [5.74, 6) is 0.243. The van der Waals surface area contributed by atoms with Gasteiger partial charge in [-0.3, -0.25) is 4.90 Å². The molecule has 1 fully saturated rings. The van der Waals surface area contributed by atoms with E-state index >= 15 is 0 Å². The number of aldehydes is 1. The summed E-state index contributed by atoms with van der Waals surface area (Å²) in [6.45, 7) is 2.76. The fraction of sp³-hybridized carbons (Fsp3) is 0.462. The van der Waals surface area contributed by atoms with E-state index in [1.54, 1.807) is 6.07 Å². The number of rotatable bonds is 3. The Hall–Kier alpha value is -0.570. The fourth-order valence-electron chi connectivity index (χ4n) is 2.14. The van der Waals surface area contributed by atoms with Crippen LogP contribution in [0.4, 0.5) is 0 Å². The van der Waals surface area contributed by atoms with Crippen molar-refractivity contribution in [2.75, 3.05) is 13.1 Å². The first-order valence-electron chi connectivity index (χ1n) is 5.80. The molecule has 0 amide bonds. The Bertz CT molecular complexity index is 400. The third-order valence-corrected chi connectivity index (χ3v) is 3.82. The molecule has 92 valence electrons. The van der Waals surface area contributed by atoms with Gasteiger partial charge in [-0.1, -0.05) is 29.3 Å². The van der Waals surface area contributed by atoms with Crippen molar-refractivity contribution in [3.05, 3.63) is 33.8 Å². The smallest absolute Gasteiger partial charge is 0.123 e. The molecular formula is C13H15Cl2NO. The van der Waals surface area contributed by atoms with E-state index in [1.165, 1.54) is 0 Å². The van der Waals surface area contributed by atoms with Gasteiger partial charge in [0.15, 0.2) is 0 Å². The van der Waals surface area contributed by atoms with Crippen molar-refractivity contribution in [3.63, 3.8) is 0 Å². The number of carbonyl (C=O) groups excluding carboxylic acids is 1. The van der Waals surface area contributed by atoms with Crippen LogP contribution in [0.15, 0.2) is 18.2 Å². The van der Waals surface area contributed by atoms with E-state index in [9.17, 15) is 4.79 Å². The normalized spacial score (nSPS) is 18.2. The number of carbonyl (C=O) groups is 1. The molecule has 1 aromatic rings. The average molecular weight is 272 g/mol.